The lowest BCUT2D eigenvalue weighted by Crippen LogP contribution is -2.42. The van der Waals surface area contributed by atoms with Gasteiger partial charge in [-0.1, -0.05) is 35.9 Å². The molecule has 0 saturated carbocycles. The van der Waals surface area contributed by atoms with Crippen molar-refractivity contribution < 1.29 is 4.79 Å². The molecular weight excluding hydrogens is 346 g/mol. The number of benzene rings is 2. The zero-order valence-electron chi connectivity index (χ0n) is 15.4. The summed E-state index contributed by atoms with van der Waals surface area (Å²) in [6, 6.07) is 13.1. The van der Waals surface area contributed by atoms with E-state index in [0.29, 0.717) is 10.6 Å². The lowest BCUT2D eigenvalue weighted by molar-refractivity contribution is 0.0955. The van der Waals surface area contributed by atoms with Crippen molar-refractivity contribution in [2.75, 3.05) is 11.9 Å². The fourth-order valence-electron chi connectivity index (χ4n) is 3.13. The molecule has 3 rings (SSSR count). The Bertz CT molecular complexity index is 915. The average Bonchev–Trinajstić information content (AvgIpc) is 2.60. The number of carbonyl (C=O) groups is 1. The second kappa shape index (κ2) is 6.96. The van der Waals surface area contributed by atoms with Gasteiger partial charge in [0.15, 0.2) is 0 Å². The minimum atomic E-state index is -0.331. The summed E-state index contributed by atoms with van der Waals surface area (Å²) in [5.74, 6) is -0.331. The van der Waals surface area contributed by atoms with Gasteiger partial charge in [-0.25, -0.2) is 5.43 Å². The molecule has 0 fully saturated rings. The van der Waals surface area contributed by atoms with E-state index >= 15 is 0 Å². The number of nitrogens with one attached hydrogen (secondary N) is 1. The van der Waals surface area contributed by atoms with Crippen molar-refractivity contribution in [1.29, 1.82) is 0 Å². The highest BCUT2D eigenvalue weighted by Crippen LogP contribution is 2.37. The van der Waals surface area contributed by atoms with Gasteiger partial charge in [-0.3, -0.25) is 4.79 Å². The average molecular weight is 368 g/mol. The number of hydrogen-bond donors (Lipinski definition) is 1. The van der Waals surface area contributed by atoms with Crippen LogP contribution in [0.5, 0.6) is 0 Å². The first-order chi connectivity index (χ1) is 12.3. The molecule has 0 radical (unpaired) electrons. The van der Waals surface area contributed by atoms with Crippen LogP contribution in [0.3, 0.4) is 0 Å². The zero-order chi connectivity index (χ0) is 18.9. The SMILES string of the molecule is CC1=CC(C)(C)N(C)c2ccc(/C=N\NC(=O)c3ccccc3Cl)cc21. The molecule has 2 aromatic carbocycles. The molecule has 0 bridgehead atoms. The van der Waals surface area contributed by atoms with E-state index in [0.717, 1.165) is 5.56 Å². The van der Waals surface area contributed by atoms with Gasteiger partial charge >= 0.3 is 0 Å². The molecule has 134 valence electrons. The lowest BCUT2D eigenvalue weighted by atomic mass is 9.89. The maximum atomic E-state index is 12.1. The standard InChI is InChI=1S/C21H22ClN3O/c1-14-12-21(2,3)25(4)19-10-9-15(11-17(14)19)13-23-24-20(26)16-7-5-6-8-18(16)22/h5-13H,1-4H3,(H,24,26)/b23-13-. The minimum absolute atomic E-state index is 0.0182. The third kappa shape index (κ3) is 3.51. The maximum Gasteiger partial charge on any atom is 0.272 e. The van der Waals surface area contributed by atoms with Gasteiger partial charge in [0.25, 0.3) is 5.91 Å². The van der Waals surface area contributed by atoms with Gasteiger partial charge in [-0.05, 0) is 56.2 Å². The first-order valence-electron chi connectivity index (χ1n) is 8.45. The summed E-state index contributed by atoms with van der Waals surface area (Å²) in [5.41, 5.74) is 7.42. The number of likely N-dealkylation sites (N-methyl/N-ethyl adjacent to an activating group) is 1. The van der Waals surface area contributed by atoms with Gasteiger partial charge < -0.3 is 4.90 Å². The van der Waals surface area contributed by atoms with Crippen LogP contribution in [-0.2, 0) is 0 Å². The quantitative estimate of drug-likeness (QED) is 0.629. The molecular formula is C21H22ClN3O. The molecule has 1 aliphatic heterocycles. The number of amides is 1. The second-order valence-electron chi connectivity index (χ2n) is 7.00. The second-order valence-corrected chi connectivity index (χ2v) is 7.40. The van der Waals surface area contributed by atoms with Gasteiger partial charge in [0.2, 0.25) is 0 Å². The Hall–Kier alpha value is -2.59. The van der Waals surface area contributed by atoms with Crippen LogP contribution in [0.2, 0.25) is 5.02 Å². The zero-order valence-corrected chi connectivity index (χ0v) is 16.1. The van der Waals surface area contributed by atoms with Crippen molar-refractivity contribution in [3.05, 3.63) is 70.3 Å². The first kappa shape index (κ1) is 18.2. The van der Waals surface area contributed by atoms with Crippen LogP contribution in [-0.4, -0.2) is 24.7 Å². The summed E-state index contributed by atoms with van der Waals surface area (Å²) in [6.07, 6.45) is 3.90. The number of anilines is 1. The Morgan fingerprint density at radius 3 is 2.69 bits per heavy atom. The van der Waals surface area contributed by atoms with Crippen LogP contribution in [0.1, 0.15) is 42.3 Å². The van der Waals surface area contributed by atoms with Crippen molar-refractivity contribution >= 4 is 35.0 Å². The van der Waals surface area contributed by atoms with E-state index in [1.165, 1.54) is 16.8 Å². The molecule has 4 nitrogen and oxygen atoms in total. The highest BCUT2D eigenvalue weighted by molar-refractivity contribution is 6.33. The fraction of sp³-hybridized carbons (Fsp3) is 0.238. The van der Waals surface area contributed by atoms with E-state index in [1.807, 2.05) is 6.07 Å². The van der Waals surface area contributed by atoms with Crippen molar-refractivity contribution in [3.63, 3.8) is 0 Å². The highest BCUT2D eigenvalue weighted by atomic mass is 35.5. The molecule has 0 spiro atoms. The maximum absolute atomic E-state index is 12.1. The molecule has 1 aliphatic rings. The summed E-state index contributed by atoms with van der Waals surface area (Å²) < 4.78 is 0. The van der Waals surface area contributed by atoms with Gasteiger partial charge in [0.1, 0.15) is 0 Å². The van der Waals surface area contributed by atoms with E-state index in [1.54, 1.807) is 30.5 Å². The van der Waals surface area contributed by atoms with E-state index < -0.39 is 0 Å². The van der Waals surface area contributed by atoms with Gasteiger partial charge in [-0.15, -0.1) is 0 Å². The third-order valence-electron chi connectivity index (χ3n) is 4.74. The van der Waals surface area contributed by atoms with Crippen molar-refractivity contribution in [1.82, 2.24) is 5.43 Å². The van der Waals surface area contributed by atoms with Crippen LogP contribution in [0.4, 0.5) is 5.69 Å². The summed E-state index contributed by atoms with van der Waals surface area (Å²) in [4.78, 5) is 14.4. The van der Waals surface area contributed by atoms with Crippen LogP contribution < -0.4 is 10.3 Å². The summed E-state index contributed by atoms with van der Waals surface area (Å²) in [7, 11) is 2.10. The molecule has 2 aromatic rings. The first-order valence-corrected chi connectivity index (χ1v) is 8.83. The highest BCUT2D eigenvalue weighted by Gasteiger charge is 2.28. The topological polar surface area (TPSA) is 44.7 Å². The molecule has 0 saturated heterocycles. The molecule has 0 atom stereocenters. The number of hydrazone groups is 1. The summed E-state index contributed by atoms with van der Waals surface area (Å²) in [5, 5.41) is 4.47. The molecule has 0 unspecified atom stereocenters. The third-order valence-corrected chi connectivity index (χ3v) is 5.07. The fourth-order valence-corrected chi connectivity index (χ4v) is 3.35. The summed E-state index contributed by atoms with van der Waals surface area (Å²) in [6.45, 7) is 6.51. The van der Waals surface area contributed by atoms with E-state index in [2.05, 4.69) is 61.5 Å². The Morgan fingerprint density at radius 2 is 1.96 bits per heavy atom. The molecule has 0 aromatic heterocycles. The smallest absolute Gasteiger partial charge is 0.272 e. The molecule has 1 heterocycles. The van der Waals surface area contributed by atoms with Crippen LogP contribution >= 0.6 is 11.6 Å². The van der Waals surface area contributed by atoms with Gasteiger partial charge in [-0.2, -0.15) is 5.10 Å². The van der Waals surface area contributed by atoms with Gasteiger partial charge in [0.05, 0.1) is 22.3 Å². The largest absolute Gasteiger partial charge is 0.366 e. The molecule has 1 amide bonds. The number of halogens is 1. The lowest BCUT2D eigenvalue weighted by Gasteiger charge is -2.40. The van der Waals surface area contributed by atoms with Gasteiger partial charge in [0, 0.05) is 18.3 Å². The predicted molar refractivity (Wildman–Crippen MR) is 109 cm³/mol. The van der Waals surface area contributed by atoms with Crippen LogP contribution in [0, 0.1) is 0 Å². The minimum Gasteiger partial charge on any atom is -0.366 e. The molecule has 1 N–H and O–H groups in total. The van der Waals surface area contributed by atoms with E-state index in [9.17, 15) is 4.79 Å². The number of nitrogens with zero attached hydrogens (tertiary/aromatic N) is 2. The number of hydrogen-bond acceptors (Lipinski definition) is 3. The summed E-state index contributed by atoms with van der Waals surface area (Å²) >= 11 is 6.02. The molecule has 0 aliphatic carbocycles. The van der Waals surface area contributed by atoms with Crippen molar-refractivity contribution in [2.24, 2.45) is 5.10 Å². The number of fused-ring (bicyclic) bond motifs is 1. The number of rotatable bonds is 3. The molecule has 26 heavy (non-hydrogen) atoms. The number of allylic oxidation sites excluding steroid dienone is 1. The predicted octanol–water partition coefficient (Wildman–Crippen LogP) is 4.74. The Labute approximate surface area is 159 Å². The van der Waals surface area contributed by atoms with E-state index in [-0.39, 0.29) is 11.4 Å². The normalized spacial score (nSPS) is 15.6. The van der Waals surface area contributed by atoms with Crippen LogP contribution in [0.15, 0.2) is 53.6 Å². The number of carbonyl (C=O) groups excluding carboxylic acids is 1. The van der Waals surface area contributed by atoms with Crippen molar-refractivity contribution in [3.8, 4) is 0 Å². The monoisotopic (exact) mass is 367 g/mol. The van der Waals surface area contributed by atoms with Crippen molar-refractivity contribution in [2.45, 2.75) is 26.3 Å². The van der Waals surface area contributed by atoms with Crippen LogP contribution in [0.25, 0.3) is 5.57 Å². The Balaban J connectivity index is 1.78. The van der Waals surface area contributed by atoms with E-state index in [4.69, 9.17) is 11.6 Å². The Kier molecular flexibility index (Phi) is 4.88. The molecule has 5 heteroatoms. The Morgan fingerprint density at radius 1 is 1.23 bits per heavy atom.